The van der Waals surface area contributed by atoms with Crippen LogP contribution in [0, 0.1) is 11.8 Å². The van der Waals surface area contributed by atoms with Crippen LogP contribution in [0.5, 0.6) is 0 Å². The summed E-state index contributed by atoms with van der Waals surface area (Å²) in [7, 11) is 0. The zero-order valence-corrected chi connectivity index (χ0v) is 14.5. The zero-order chi connectivity index (χ0) is 16.1. The molecule has 5 rings (SSSR count). The highest BCUT2D eigenvalue weighted by atomic mass is 32.2. The smallest absolute Gasteiger partial charge is 0.162 e. The Morgan fingerprint density at radius 2 is 1.96 bits per heavy atom. The van der Waals surface area contributed by atoms with Crippen LogP contribution in [0.25, 0.3) is 0 Å². The molecule has 0 bridgehead atoms. The van der Waals surface area contributed by atoms with E-state index in [1.165, 1.54) is 36.3 Å². The average molecular weight is 341 g/mol. The van der Waals surface area contributed by atoms with Gasteiger partial charge in [-0.2, -0.15) is 0 Å². The van der Waals surface area contributed by atoms with Gasteiger partial charge < -0.3 is 5.11 Å². The van der Waals surface area contributed by atoms with Crippen molar-refractivity contribution in [2.24, 2.45) is 16.8 Å². The molecule has 1 aromatic heterocycles. The molecule has 2 aromatic rings. The van der Waals surface area contributed by atoms with Crippen molar-refractivity contribution in [3.8, 4) is 0 Å². The molecule has 2 saturated carbocycles. The first-order valence-corrected chi connectivity index (χ1v) is 10.3. The maximum absolute atomic E-state index is 11.4. The molecule has 0 radical (unpaired) electrons. The van der Waals surface area contributed by atoms with E-state index in [0.29, 0.717) is 17.8 Å². The molecule has 3 aliphatic rings. The molecule has 126 valence electrons. The summed E-state index contributed by atoms with van der Waals surface area (Å²) in [6.45, 7) is 0. The van der Waals surface area contributed by atoms with Crippen LogP contribution in [0.15, 0.2) is 47.8 Å². The van der Waals surface area contributed by atoms with Crippen LogP contribution in [0.3, 0.4) is 0 Å². The van der Waals surface area contributed by atoms with Crippen LogP contribution in [-0.4, -0.2) is 24.5 Å². The minimum absolute atomic E-state index is 0.317. The van der Waals surface area contributed by atoms with Gasteiger partial charge in [-0.15, -0.1) is 11.1 Å². The molecule has 4 nitrogen and oxygen atoms in total. The van der Waals surface area contributed by atoms with Crippen molar-refractivity contribution in [1.29, 1.82) is 0 Å². The molecule has 5 heteroatoms. The Kier molecular flexibility index (Phi) is 3.52. The summed E-state index contributed by atoms with van der Waals surface area (Å²) < 4.78 is 2.16. The number of hydrogen-bond donors (Lipinski definition) is 2. The number of fused-ring (bicyclic) bond motifs is 1. The van der Waals surface area contributed by atoms with Crippen LogP contribution in [0.2, 0.25) is 0 Å². The fourth-order valence-electron chi connectivity index (χ4n) is 4.33. The van der Waals surface area contributed by atoms with Crippen LogP contribution in [-0.2, 0) is 0 Å². The van der Waals surface area contributed by atoms with Crippen molar-refractivity contribution in [2.45, 2.75) is 43.5 Å². The van der Waals surface area contributed by atoms with Gasteiger partial charge in [0.15, 0.2) is 5.82 Å². The number of benzene rings is 1. The molecule has 4 atom stereocenters. The SMILES string of the molecule is OC(C1CCCC1c1ccccc1)[SH]1C(C2CC2)=Nc2cncn21. The van der Waals surface area contributed by atoms with Gasteiger partial charge >= 0.3 is 0 Å². The van der Waals surface area contributed by atoms with Gasteiger partial charge in [0, 0.05) is 11.8 Å². The van der Waals surface area contributed by atoms with Gasteiger partial charge in [0.25, 0.3) is 0 Å². The number of aliphatic hydroxyl groups is 1. The lowest BCUT2D eigenvalue weighted by Gasteiger charge is -2.33. The van der Waals surface area contributed by atoms with Crippen LogP contribution < -0.4 is 0 Å². The predicted octanol–water partition coefficient (Wildman–Crippen LogP) is 4.00. The second-order valence-electron chi connectivity index (χ2n) is 7.21. The molecule has 0 saturated heterocycles. The first-order valence-electron chi connectivity index (χ1n) is 8.96. The summed E-state index contributed by atoms with van der Waals surface area (Å²) in [5.74, 6) is 2.34. The van der Waals surface area contributed by atoms with E-state index in [1.807, 2.05) is 12.5 Å². The van der Waals surface area contributed by atoms with Crippen molar-refractivity contribution in [2.75, 3.05) is 0 Å². The first kappa shape index (κ1) is 14.7. The van der Waals surface area contributed by atoms with Crippen LogP contribution >= 0.6 is 11.1 Å². The second kappa shape index (κ2) is 5.74. The molecular formula is C19H23N3OS. The van der Waals surface area contributed by atoms with E-state index in [0.717, 1.165) is 12.2 Å². The Balaban J connectivity index is 1.47. The van der Waals surface area contributed by atoms with Gasteiger partial charge in [-0.1, -0.05) is 36.8 Å². The van der Waals surface area contributed by atoms with Crippen molar-refractivity contribution < 1.29 is 5.11 Å². The van der Waals surface area contributed by atoms with Gasteiger partial charge in [0.05, 0.1) is 11.2 Å². The lowest BCUT2D eigenvalue weighted by Crippen LogP contribution is -2.27. The normalized spacial score (nSPS) is 31.7. The molecule has 0 spiro atoms. The van der Waals surface area contributed by atoms with Crippen LogP contribution in [0.4, 0.5) is 5.82 Å². The number of aliphatic hydroxyl groups excluding tert-OH is 1. The molecular weight excluding hydrogens is 318 g/mol. The number of aromatic nitrogens is 2. The zero-order valence-electron chi connectivity index (χ0n) is 13.6. The molecule has 2 heterocycles. The summed E-state index contributed by atoms with van der Waals surface area (Å²) in [6, 6.07) is 10.7. The lowest BCUT2D eigenvalue weighted by atomic mass is 9.89. The molecule has 0 amide bonds. The molecule has 2 fully saturated rings. The van der Waals surface area contributed by atoms with Crippen molar-refractivity contribution in [3.63, 3.8) is 0 Å². The summed E-state index contributed by atoms with van der Waals surface area (Å²) in [6.07, 6.45) is 9.67. The van der Waals surface area contributed by atoms with Crippen molar-refractivity contribution in [1.82, 2.24) is 8.96 Å². The maximum Gasteiger partial charge on any atom is 0.162 e. The first-order chi connectivity index (χ1) is 11.8. The van der Waals surface area contributed by atoms with Gasteiger partial charge in [-0.05, 0) is 37.2 Å². The average Bonchev–Trinajstić information content (AvgIpc) is 3.04. The number of rotatable bonds is 4. The number of aliphatic imine (C=N–C) groups is 1. The summed E-state index contributed by atoms with van der Waals surface area (Å²) in [5.41, 5.74) is 1.06. The van der Waals surface area contributed by atoms with E-state index in [1.54, 1.807) is 0 Å². The van der Waals surface area contributed by atoms with E-state index < -0.39 is 11.1 Å². The number of thiol groups is 1. The number of nitrogens with zero attached hydrogens (tertiary/aromatic N) is 3. The third kappa shape index (κ3) is 2.33. The van der Waals surface area contributed by atoms with Gasteiger partial charge in [0.2, 0.25) is 0 Å². The largest absolute Gasteiger partial charge is 0.382 e. The summed E-state index contributed by atoms with van der Waals surface area (Å²) in [5, 5.41) is 12.6. The molecule has 1 aromatic carbocycles. The molecule has 4 unspecified atom stereocenters. The molecule has 24 heavy (non-hydrogen) atoms. The van der Waals surface area contributed by atoms with Gasteiger partial charge in [0.1, 0.15) is 11.8 Å². The fourth-order valence-corrected chi connectivity index (χ4v) is 7.12. The van der Waals surface area contributed by atoms with Gasteiger partial charge in [-0.25, -0.2) is 9.98 Å². The van der Waals surface area contributed by atoms with E-state index in [4.69, 9.17) is 4.99 Å². The third-order valence-corrected chi connectivity index (χ3v) is 8.26. The molecule has 2 aliphatic carbocycles. The Hall–Kier alpha value is -1.59. The maximum atomic E-state index is 11.4. The summed E-state index contributed by atoms with van der Waals surface area (Å²) in [4.78, 5) is 9.09. The number of imidazole rings is 1. The monoisotopic (exact) mass is 341 g/mol. The summed E-state index contributed by atoms with van der Waals surface area (Å²) >= 11 is -0.794. The third-order valence-electron chi connectivity index (χ3n) is 5.67. The van der Waals surface area contributed by atoms with Crippen molar-refractivity contribution >= 4 is 21.9 Å². The topological polar surface area (TPSA) is 50.4 Å². The Morgan fingerprint density at radius 1 is 1.12 bits per heavy atom. The lowest BCUT2D eigenvalue weighted by molar-refractivity contribution is 0.181. The molecule has 1 aliphatic heterocycles. The second-order valence-corrected chi connectivity index (χ2v) is 9.32. The van der Waals surface area contributed by atoms with Gasteiger partial charge in [-0.3, -0.25) is 3.97 Å². The number of hydrogen-bond acceptors (Lipinski definition) is 3. The fraction of sp³-hybridized carbons (Fsp3) is 0.474. The molecule has 1 N–H and O–H groups in total. The minimum atomic E-state index is -0.794. The van der Waals surface area contributed by atoms with Crippen LogP contribution in [0.1, 0.15) is 43.6 Å². The minimum Gasteiger partial charge on any atom is -0.382 e. The van der Waals surface area contributed by atoms with E-state index >= 15 is 0 Å². The Labute approximate surface area is 145 Å². The Morgan fingerprint density at radius 3 is 2.75 bits per heavy atom. The van der Waals surface area contributed by atoms with Crippen molar-refractivity contribution in [3.05, 3.63) is 48.4 Å². The standard InChI is InChI=1S/C19H23N3OS/c23-19(16-8-4-7-15(16)13-5-2-1-3-6-13)24-18(14-9-10-14)21-17-11-20-12-22(17)24/h1-3,5-6,11-12,14-16,19,23-24H,4,7-10H2. The Bertz CT molecular complexity index is 768. The van der Waals surface area contributed by atoms with E-state index in [2.05, 4.69) is 39.3 Å². The highest BCUT2D eigenvalue weighted by molar-refractivity contribution is 8.29. The predicted molar refractivity (Wildman–Crippen MR) is 99.0 cm³/mol. The van der Waals surface area contributed by atoms with E-state index in [9.17, 15) is 5.11 Å². The highest BCUT2D eigenvalue weighted by Gasteiger charge is 2.44. The highest BCUT2D eigenvalue weighted by Crippen LogP contribution is 2.56. The van der Waals surface area contributed by atoms with E-state index in [-0.39, 0.29) is 5.44 Å². The quantitative estimate of drug-likeness (QED) is 0.826.